The number of alkyl halides is 3. The van der Waals surface area contributed by atoms with Crippen LogP contribution in [-0.4, -0.2) is 81.3 Å². The largest absolute Gasteiger partial charge is 0.504 e. The molecule has 2 fully saturated rings. The number of aliphatic hydroxyl groups is 1. The highest BCUT2D eigenvalue weighted by Gasteiger charge is 2.49. The summed E-state index contributed by atoms with van der Waals surface area (Å²) >= 11 is 6.21. The van der Waals surface area contributed by atoms with Gasteiger partial charge in [0, 0.05) is 54.3 Å². The highest BCUT2D eigenvalue weighted by molar-refractivity contribution is 6.33. The van der Waals surface area contributed by atoms with E-state index in [9.17, 15) is 38.2 Å². The zero-order valence-electron chi connectivity index (χ0n) is 32.5. The number of fused-ring (bicyclic) bond motifs is 3. The molecule has 0 bridgehead atoms. The number of pyridine rings is 1. The number of carbonyl (C=O) groups excluding carboxylic acids is 1. The number of nitrogens with one attached hydrogen (secondary N) is 1. The molecular formula is C40H41ClF3N11O4. The number of hydrogen-bond donors (Lipinski definition) is 3. The summed E-state index contributed by atoms with van der Waals surface area (Å²) in [4.78, 5) is 50.3. The van der Waals surface area contributed by atoms with Gasteiger partial charge in [0.15, 0.2) is 17.8 Å². The maximum Gasteiger partial charge on any atom is 0.416 e. The van der Waals surface area contributed by atoms with Crippen molar-refractivity contribution in [3.63, 3.8) is 0 Å². The lowest BCUT2D eigenvalue weighted by molar-refractivity contribution is -0.137. The van der Waals surface area contributed by atoms with Crippen LogP contribution >= 0.6 is 11.6 Å². The first kappa shape index (κ1) is 40.2. The molecule has 15 nitrogen and oxygen atoms in total. The van der Waals surface area contributed by atoms with Crippen LogP contribution in [0.1, 0.15) is 85.1 Å². The Morgan fingerprint density at radius 2 is 1.81 bits per heavy atom. The zero-order valence-corrected chi connectivity index (χ0v) is 33.2. The molecule has 4 aromatic heterocycles. The number of nitriles is 1. The van der Waals surface area contributed by atoms with E-state index in [2.05, 4.69) is 26.3 Å². The fourth-order valence-corrected chi connectivity index (χ4v) is 9.19. The van der Waals surface area contributed by atoms with E-state index >= 15 is 0 Å². The molecule has 8 rings (SSSR count). The first-order valence-corrected chi connectivity index (χ1v) is 19.7. The van der Waals surface area contributed by atoms with Crippen molar-refractivity contribution in [2.24, 2.45) is 5.92 Å². The molecule has 3 aliphatic rings. The summed E-state index contributed by atoms with van der Waals surface area (Å²) in [7, 11) is 0. The van der Waals surface area contributed by atoms with Gasteiger partial charge in [0.2, 0.25) is 11.7 Å². The minimum Gasteiger partial charge on any atom is -0.504 e. The normalized spacial score (nSPS) is 18.9. The quantitative estimate of drug-likeness (QED) is 0.183. The number of aromatic hydroxyl groups is 1. The van der Waals surface area contributed by atoms with Crippen LogP contribution in [0.3, 0.4) is 0 Å². The minimum atomic E-state index is -4.62. The van der Waals surface area contributed by atoms with Gasteiger partial charge in [0.05, 0.1) is 33.7 Å². The second-order valence-corrected chi connectivity index (χ2v) is 16.1. The smallest absolute Gasteiger partial charge is 0.416 e. The lowest BCUT2D eigenvalue weighted by Crippen LogP contribution is -2.46. The Labute approximate surface area is 341 Å². The molecule has 2 aliphatic heterocycles. The number of benzene rings is 1. The number of hydrogen-bond acceptors (Lipinski definition) is 12. The monoisotopic (exact) mass is 831 g/mol. The van der Waals surface area contributed by atoms with Gasteiger partial charge in [-0.15, -0.1) is 5.10 Å². The second kappa shape index (κ2) is 15.2. The summed E-state index contributed by atoms with van der Waals surface area (Å²) in [6.07, 6.45) is -1.60. The van der Waals surface area contributed by atoms with Crippen molar-refractivity contribution < 1.29 is 28.2 Å². The Hall–Kier alpha value is -5.64. The number of carbonyl (C=O) groups is 1. The van der Waals surface area contributed by atoms with Gasteiger partial charge in [-0.1, -0.05) is 18.5 Å². The molecule has 1 amide bonds. The van der Waals surface area contributed by atoms with Crippen molar-refractivity contribution in [3.05, 3.63) is 85.9 Å². The molecule has 1 spiro atoms. The van der Waals surface area contributed by atoms with Crippen molar-refractivity contribution >= 4 is 34.8 Å². The van der Waals surface area contributed by atoms with Crippen molar-refractivity contribution in [1.29, 1.82) is 5.26 Å². The third-order valence-electron chi connectivity index (χ3n) is 12.0. The van der Waals surface area contributed by atoms with Crippen molar-refractivity contribution in [1.82, 2.24) is 39.0 Å². The fraction of sp³-hybridized carbons (Fsp3) is 0.450. The second-order valence-electron chi connectivity index (χ2n) is 15.7. The molecule has 19 heteroatoms. The Morgan fingerprint density at radius 1 is 1.08 bits per heavy atom. The minimum absolute atomic E-state index is 0.0143. The summed E-state index contributed by atoms with van der Waals surface area (Å²) in [6, 6.07) is 8.71. The van der Waals surface area contributed by atoms with Crippen molar-refractivity contribution in [2.75, 3.05) is 36.4 Å². The maximum atomic E-state index is 14.8. The number of likely N-dealkylation sites (tertiary alicyclic amines) is 1. The van der Waals surface area contributed by atoms with E-state index in [1.165, 1.54) is 10.8 Å². The molecule has 5 aromatic rings. The Morgan fingerprint density at radius 3 is 2.47 bits per heavy atom. The molecule has 1 aliphatic carbocycles. The molecule has 2 saturated heterocycles. The number of anilines is 2. The van der Waals surface area contributed by atoms with E-state index in [0.29, 0.717) is 73.7 Å². The first-order chi connectivity index (χ1) is 28.1. The lowest BCUT2D eigenvalue weighted by atomic mass is 9.73. The van der Waals surface area contributed by atoms with Gasteiger partial charge in [0.1, 0.15) is 24.4 Å². The van der Waals surface area contributed by atoms with E-state index in [-0.39, 0.29) is 57.7 Å². The van der Waals surface area contributed by atoms with Gasteiger partial charge in [-0.2, -0.15) is 27.9 Å². The predicted molar refractivity (Wildman–Crippen MR) is 210 cm³/mol. The number of piperidine rings is 2. The van der Waals surface area contributed by atoms with E-state index in [1.807, 2.05) is 26.0 Å². The van der Waals surface area contributed by atoms with E-state index in [4.69, 9.17) is 26.7 Å². The number of aromatic nitrogens is 7. The van der Waals surface area contributed by atoms with Crippen LogP contribution in [0.2, 0.25) is 5.02 Å². The number of halogens is 4. The van der Waals surface area contributed by atoms with E-state index < -0.39 is 29.3 Å². The molecular weight excluding hydrogens is 791 g/mol. The van der Waals surface area contributed by atoms with Crippen LogP contribution in [0.25, 0.3) is 17.2 Å². The zero-order chi connectivity index (χ0) is 42.0. The highest BCUT2D eigenvalue weighted by Crippen LogP contribution is 2.51. The van der Waals surface area contributed by atoms with Gasteiger partial charge in [-0.3, -0.25) is 14.5 Å². The Bertz CT molecular complexity index is 2570. The third-order valence-corrected chi connectivity index (χ3v) is 12.4. The van der Waals surface area contributed by atoms with Crippen LogP contribution in [0.5, 0.6) is 5.75 Å². The Balaban J connectivity index is 1.17. The van der Waals surface area contributed by atoms with Crippen LogP contribution in [-0.2, 0) is 22.9 Å². The molecule has 3 N–H and O–H groups in total. The summed E-state index contributed by atoms with van der Waals surface area (Å²) < 4.78 is 42.9. The molecule has 2 atom stereocenters. The molecule has 0 radical (unpaired) electrons. The topological polar surface area (TPSA) is 191 Å². The van der Waals surface area contributed by atoms with Gasteiger partial charge in [-0.05, 0) is 82.2 Å². The average molecular weight is 832 g/mol. The van der Waals surface area contributed by atoms with Gasteiger partial charge in [0.25, 0.3) is 5.56 Å². The first-order valence-electron chi connectivity index (χ1n) is 19.3. The SMILES string of the molecule is Cc1nc(N2CCC(C#N)CC2)ccc1-c1nc2n(CC(=O)Nc3ccc(C(F)(F)F)cc3Cl)c3c(c(=O)n2n1)C1(CCN(C(O)c2ncnc(C)c2O)CC1)CC3C. The van der Waals surface area contributed by atoms with E-state index in [1.54, 1.807) is 16.4 Å². The molecule has 59 heavy (non-hydrogen) atoms. The van der Waals surface area contributed by atoms with Crippen LogP contribution in [0, 0.1) is 31.1 Å². The van der Waals surface area contributed by atoms with Crippen molar-refractivity contribution in [3.8, 4) is 23.2 Å². The molecule has 308 valence electrons. The van der Waals surface area contributed by atoms with Crippen molar-refractivity contribution in [2.45, 2.75) is 83.2 Å². The molecule has 1 aromatic carbocycles. The summed E-state index contributed by atoms with van der Waals surface area (Å²) in [5.74, 6) is 0.0439. The average Bonchev–Trinajstić information content (AvgIpc) is 3.77. The third kappa shape index (κ3) is 7.25. The number of nitrogens with zero attached hydrogens (tertiary/aromatic N) is 10. The number of amides is 1. The summed E-state index contributed by atoms with van der Waals surface area (Å²) in [6.45, 7) is 7.14. The highest BCUT2D eigenvalue weighted by atomic mass is 35.5. The maximum absolute atomic E-state index is 14.8. The standard InChI is InChI=1S/C40H41ClF3N11O4/c1-21-17-39(10-14-53(15-11-39)37(59)32-34(57)23(3)46-20-47-32)31-33(21)54(19-30(56)49-28-6-4-25(16-27(28)41)40(42,43)44)38-50-35(51-55(38)36(31)58)26-5-7-29(48-22(26)2)52-12-8-24(18-45)9-13-52/h4-7,16,20-21,24,37,57,59H,8-15,17,19H2,1-3H3,(H,49,56). The number of aliphatic hydroxyl groups excluding tert-OH is 1. The van der Waals surface area contributed by atoms with Crippen LogP contribution in [0.15, 0.2) is 41.5 Å². The predicted octanol–water partition coefficient (Wildman–Crippen LogP) is 5.65. The fourth-order valence-electron chi connectivity index (χ4n) is 8.96. The van der Waals surface area contributed by atoms with Gasteiger partial charge < -0.3 is 25.0 Å². The summed E-state index contributed by atoms with van der Waals surface area (Å²) in [5.41, 5.74) is 0.662. The van der Waals surface area contributed by atoms with Gasteiger partial charge >= 0.3 is 6.18 Å². The Kier molecular flexibility index (Phi) is 10.3. The van der Waals surface area contributed by atoms with Crippen LogP contribution < -0.4 is 15.8 Å². The molecule has 6 heterocycles. The molecule has 0 saturated carbocycles. The summed E-state index contributed by atoms with van der Waals surface area (Å²) in [5, 5.41) is 38.2. The lowest BCUT2D eigenvalue weighted by Gasteiger charge is -2.41. The number of aryl methyl sites for hydroxylation is 2. The van der Waals surface area contributed by atoms with Crippen LogP contribution in [0.4, 0.5) is 24.7 Å². The van der Waals surface area contributed by atoms with Gasteiger partial charge in [-0.25, -0.2) is 15.0 Å². The van der Waals surface area contributed by atoms with E-state index in [0.717, 1.165) is 36.9 Å². The number of rotatable bonds is 7. The molecule has 2 unspecified atom stereocenters.